The van der Waals surface area contributed by atoms with Gasteiger partial charge in [-0.1, -0.05) is 27.7 Å². The number of hydrogen-bond donors (Lipinski definition) is 0. The molecule has 5 heteroatoms. The SMILES string of the molecule is CC.C[C@]12CCC3C(CC(=O)[C@H]4CC5(CC[C@]34C)OCCO5)C1CCC21OCCO1. The predicted octanol–water partition coefficient (Wildman–Crippen LogP) is 4.72. The molecule has 0 aromatic heterocycles. The summed E-state index contributed by atoms with van der Waals surface area (Å²) < 4.78 is 24.5. The van der Waals surface area contributed by atoms with Gasteiger partial charge >= 0.3 is 0 Å². The third-order valence-corrected chi connectivity index (χ3v) is 10.1. The Labute approximate surface area is 181 Å². The smallest absolute Gasteiger partial charge is 0.174 e. The fourth-order valence-electron chi connectivity index (χ4n) is 8.62. The van der Waals surface area contributed by atoms with Crippen molar-refractivity contribution in [1.29, 1.82) is 0 Å². The van der Waals surface area contributed by atoms with E-state index in [1.165, 1.54) is 6.42 Å². The van der Waals surface area contributed by atoms with E-state index in [2.05, 4.69) is 13.8 Å². The van der Waals surface area contributed by atoms with Crippen LogP contribution in [0.3, 0.4) is 0 Å². The zero-order chi connectivity index (χ0) is 21.2. The summed E-state index contributed by atoms with van der Waals surface area (Å²) in [5.74, 6) is 1.35. The summed E-state index contributed by atoms with van der Waals surface area (Å²) in [6.45, 7) is 11.6. The molecule has 6 fully saturated rings. The van der Waals surface area contributed by atoms with Crippen molar-refractivity contribution in [2.75, 3.05) is 26.4 Å². The van der Waals surface area contributed by atoms with Crippen LogP contribution in [0, 0.1) is 34.5 Å². The maximum Gasteiger partial charge on any atom is 0.174 e. The Balaban J connectivity index is 0.000000937. The normalized spacial score (nSPS) is 48.1. The zero-order valence-corrected chi connectivity index (χ0v) is 19.3. The number of ketones is 1. The Kier molecular flexibility index (Phi) is 5.17. The van der Waals surface area contributed by atoms with Crippen molar-refractivity contribution in [2.24, 2.45) is 34.5 Å². The van der Waals surface area contributed by atoms with Crippen LogP contribution in [0.15, 0.2) is 0 Å². The van der Waals surface area contributed by atoms with Gasteiger partial charge in [0.1, 0.15) is 5.78 Å². The highest BCUT2D eigenvalue weighted by Gasteiger charge is 2.69. The lowest BCUT2D eigenvalue weighted by molar-refractivity contribution is -0.254. The minimum atomic E-state index is -0.473. The molecule has 0 aromatic carbocycles. The third-order valence-electron chi connectivity index (χ3n) is 10.1. The first-order chi connectivity index (χ1) is 14.4. The summed E-state index contributed by atoms with van der Waals surface area (Å²) >= 11 is 0. The minimum Gasteiger partial charge on any atom is -0.348 e. The summed E-state index contributed by atoms with van der Waals surface area (Å²) in [5.41, 5.74) is 0.150. The third kappa shape index (κ3) is 2.71. The van der Waals surface area contributed by atoms with Gasteiger partial charge in [-0.15, -0.1) is 0 Å². The lowest BCUT2D eigenvalue weighted by Crippen LogP contribution is -2.60. The molecule has 0 bridgehead atoms. The Bertz CT molecular complexity index is 679. The summed E-state index contributed by atoms with van der Waals surface area (Å²) in [7, 11) is 0. The average Bonchev–Trinajstić information content (AvgIpc) is 3.47. The van der Waals surface area contributed by atoms with E-state index in [1.807, 2.05) is 13.8 Å². The predicted molar refractivity (Wildman–Crippen MR) is 113 cm³/mol. The van der Waals surface area contributed by atoms with Crippen molar-refractivity contribution in [3.8, 4) is 0 Å². The zero-order valence-electron chi connectivity index (χ0n) is 19.3. The van der Waals surface area contributed by atoms with Crippen molar-refractivity contribution in [3.05, 3.63) is 0 Å². The van der Waals surface area contributed by atoms with Crippen LogP contribution in [0.2, 0.25) is 0 Å². The molecule has 0 amide bonds. The molecule has 2 aliphatic heterocycles. The summed E-state index contributed by atoms with van der Waals surface area (Å²) in [6.07, 6.45) is 7.98. The van der Waals surface area contributed by atoms with Gasteiger partial charge in [0, 0.05) is 37.0 Å². The molecule has 2 saturated heterocycles. The molecule has 2 heterocycles. The first-order valence-corrected chi connectivity index (χ1v) is 12.5. The Morgan fingerprint density at radius 1 is 0.800 bits per heavy atom. The number of carbonyl (C=O) groups is 1. The van der Waals surface area contributed by atoms with Crippen LogP contribution in [-0.2, 0) is 23.7 Å². The largest absolute Gasteiger partial charge is 0.348 e. The molecule has 3 unspecified atom stereocenters. The van der Waals surface area contributed by atoms with Gasteiger partial charge in [-0.3, -0.25) is 4.79 Å². The molecule has 4 aliphatic carbocycles. The van der Waals surface area contributed by atoms with E-state index in [4.69, 9.17) is 18.9 Å². The van der Waals surface area contributed by atoms with Gasteiger partial charge in [-0.05, 0) is 48.9 Å². The molecule has 4 saturated carbocycles. The summed E-state index contributed by atoms with van der Waals surface area (Å²) in [4.78, 5) is 13.5. The molecule has 0 aromatic rings. The van der Waals surface area contributed by atoms with Crippen molar-refractivity contribution < 1.29 is 23.7 Å². The number of hydrogen-bond acceptors (Lipinski definition) is 5. The fraction of sp³-hybridized carbons (Fsp3) is 0.960. The highest BCUT2D eigenvalue weighted by Crippen LogP contribution is 2.69. The maximum absolute atomic E-state index is 13.5. The maximum atomic E-state index is 13.5. The number of rotatable bonds is 0. The van der Waals surface area contributed by atoms with Gasteiger partial charge in [-0.25, -0.2) is 0 Å². The highest BCUT2D eigenvalue weighted by molar-refractivity contribution is 5.83. The monoisotopic (exact) mass is 420 g/mol. The second-order valence-corrected chi connectivity index (χ2v) is 10.9. The lowest BCUT2D eigenvalue weighted by Gasteiger charge is -2.61. The Morgan fingerprint density at radius 3 is 2.13 bits per heavy atom. The van der Waals surface area contributed by atoms with Crippen LogP contribution in [0.5, 0.6) is 0 Å². The van der Waals surface area contributed by atoms with E-state index in [0.717, 1.165) is 58.2 Å². The van der Waals surface area contributed by atoms with Crippen LogP contribution in [-0.4, -0.2) is 43.8 Å². The van der Waals surface area contributed by atoms with Gasteiger partial charge in [0.25, 0.3) is 0 Å². The molecular formula is C25H40O5. The van der Waals surface area contributed by atoms with E-state index in [1.54, 1.807) is 0 Å². The van der Waals surface area contributed by atoms with Crippen molar-refractivity contribution in [1.82, 2.24) is 0 Å². The number of ether oxygens (including phenoxy) is 4. The fourth-order valence-corrected chi connectivity index (χ4v) is 8.62. The molecule has 170 valence electrons. The number of fused-ring (bicyclic) bond motifs is 6. The average molecular weight is 421 g/mol. The van der Waals surface area contributed by atoms with Crippen molar-refractivity contribution in [2.45, 2.75) is 90.6 Å². The van der Waals surface area contributed by atoms with E-state index in [-0.39, 0.29) is 22.5 Å². The topological polar surface area (TPSA) is 54.0 Å². The van der Waals surface area contributed by atoms with E-state index < -0.39 is 5.79 Å². The molecule has 0 N–H and O–H groups in total. The lowest BCUT2D eigenvalue weighted by atomic mass is 9.44. The van der Waals surface area contributed by atoms with Gasteiger partial charge in [0.05, 0.1) is 26.4 Å². The van der Waals surface area contributed by atoms with Crippen LogP contribution < -0.4 is 0 Å². The van der Waals surface area contributed by atoms with E-state index in [0.29, 0.717) is 36.8 Å². The minimum absolute atomic E-state index is 0.0572. The first-order valence-electron chi connectivity index (χ1n) is 12.5. The van der Waals surface area contributed by atoms with Gasteiger partial charge in [0.2, 0.25) is 0 Å². The number of carbonyl (C=O) groups excluding carboxylic acids is 1. The standard InChI is InChI=1S/C23H34O5.C2H6/c1-20-7-8-22(25-9-10-26-22)14-18(20)19(24)13-15-16(20)3-5-21(2)17(15)4-6-23(21)27-11-12-28-23;1-2/h15-18H,3-14H2,1-2H3;1-2H3/t15?,16?,17?,18-,20-,21+;/m1./s1. The molecule has 5 nitrogen and oxygen atoms in total. The van der Waals surface area contributed by atoms with Crippen molar-refractivity contribution >= 4 is 5.78 Å². The van der Waals surface area contributed by atoms with Crippen LogP contribution >= 0.6 is 0 Å². The van der Waals surface area contributed by atoms with Crippen molar-refractivity contribution in [3.63, 3.8) is 0 Å². The summed E-state index contributed by atoms with van der Waals surface area (Å²) in [5, 5.41) is 0. The molecule has 30 heavy (non-hydrogen) atoms. The van der Waals surface area contributed by atoms with Crippen LogP contribution in [0.4, 0.5) is 0 Å². The van der Waals surface area contributed by atoms with Gasteiger partial charge < -0.3 is 18.9 Å². The molecular weight excluding hydrogens is 380 g/mol. The molecule has 6 aliphatic rings. The number of Topliss-reactive ketones (excluding diaryl/α,β-unsaturated/α-hetero) is 1. The second-order valence-electron chi connectivity index (χ2n) is 10.9. The molecule has 6 atom stereocenters. The Morgan fingerprint density at radius 2 is 1.43 bits per heavy atom. The van der Waals surface area contributed by atoms with Crippen LogP contribution in [0.25, 0.3) is 0 Å². The summed E-state index contributed by atoms with van der Waals surface area (Å²) in [6, 6.07) is 0. The quantitative estimate of drug-likeness (QED) is 0.567. The first kappa shape index (κ1) is 21.4. The second kappa shape index (κ2) is 7.26. The molecule has 2 spiro atoms. The van der Waals surface area contributed by atoms with E-state index in [9.17, 15) is 4.79 Å². The van der Waals surface area contributed by atoms with Crippen LogP contribution in [0.1, 0.15) is 79.1 Å². The highest BCUT2D eigenvalue weighted by atomic mass is 16.7. The Hall–Kier alpha value is -0.490. The van der Waals surface area contributed by atoms with E-state index >= 15 is 0 Å². The van der Waals surface area contributed by atoms with Gasteiger partial charge in [0.15, 0.2) is 11.6 Å². The molecule has 0 radical (unpaired) electrons. The van der Waals surface area contributed by atoms with Gasteiger partial charge in [-0.2, -0.15) is 0 Å². The molecule has 6 rings (SSSR count).